The Balaban J connectivity index is 2.79. The fourth-order valence-electron chi connectivity index (χ4n) is 0.642. The van der Waals surface area contributed by atoms with E-state index in [2.05, 4.69) is 0 Å². The summed E-state index contributed by atoms with van der Waals surface area (Å²) in [4.78, 5) is 0. The largest absolute Gasteiger partial charge is 0.410 e. The molecule has 0 amide bonds. The van der Waals surface area contributed by atoms with E-state index < -0.39 is 6.80 Å². The normalized spacial score (nSPS) is 11.4. The maximum atomic E-state index is 11.3. The molecule has 0 spiro atoms. The summed E-state index contributed by atoms with van der Waals surface area (Å²) in [6, 6.07) is 9.24. The van der Waals surface area contributed by atoms with Crippen molar-refractivity contribution in [1.29, 1.82) is 0 Å². The van der Waals surface area contributed by atoms with Crippen molar-refractivity contribution >= 4 is 16.9 Å². The number of benzene rings is 1. The Kier molecular flexibility index (Phi) is 3.57. The van der Waals surface area contributed by atoms with E-state index in [1.165, 1.54) is 0 Å². The van der Waals surface area contributed by atoms with Crippen molar-refractivity contribution in [1.82, 2.24) is 0 Å². The SMILES string of the molecule is CS(C)=P(=O)Oc1ccccc1. The average Bonchev–Trinajstić information content (AvgIpc) is 2.06. The molecule has 0 fully saturated rings. The molecule has 1 unspecified atom stereocenters. The van der Waals surface area contributed by atoms with Crippen LogP contribution in [0.25, 0.3) is 0 Å². The predicted molar refractivity (Wildman–Crippen MR) is 53.9 cm³/mol. The topological polar surface area (TPSA) is 26.3 Å². The van der Waals surface area contributed by atoms with Crippen molar-refractivity contribution in [2.45, 2.75) is 0 Å². The Bertz CT molecular complexity index is 324. The van der Waals surface area contributed by atoms with Crippen LogP contribution in [0.1, 0.15) is 0 Å². The average molecular weight is 202 g/mol. The summed E-state index contributed by atoms with van der Waals surface area (Å²) in [5.74, 6) is 0.680. The van der Waals surface area contributed by atoms with Gasteiger partial charge in [0.15, 0.2) is 0 Å². The molecule has 0 radical (unpaired) electrons. The van der Waals surface area contributed by atoms with Gasteiger partial charge in [0.05, 0.1) is 0 Å². The molecule has 0 bridgehead atoms. The highest BCUT2D eigenvalue weighted by Gasteiger charge is 1.93. The smallest absolute Gasteiger partial charge is 0.323 e. The van der Waals surface area contributed by atoms with Crippen LogP contribution in [0.5, 0.6) is 5.75 Å². The second-order valence-corrected chi connectivity index (χ2v) is 7.66. The molecule has 0 aliphatic carbocycles. The first-order valence-electron chi connectivity index (χ1n) is 3.48. The summed E-state index contributed by atoms with van der Waals surface area (Å²) in [5, 5.41) is 0. The molecule has 1 rings (SSSR count). The van der Waals surface area contributed by atoms with Gasteiger partial charge < -0.3 is 4.52 Å². The van der Waals surface area contributed by atoms with Gasteiger partial charge >= 0.3 is 6.80 Å². The minimum Gasteiger partial charge on any atom is -0.410 e. The van der Waals surface area contributed by atoms with Crippen molar-refractivity contribution in [2.75, 3.05) is 12.5 Å². The zero-order valence-corrected chi connectivity index (χ0v) is 8.77. The van der Waals surface area contributed by atoms with Gasteiger partial charge in [-0.15, -0.1) is 0 Å². The Morgan fingerprint density at radius 3 is 2.33 bits per heavy atom. The van der Waals surface area contributed by atoms with E-state index in [4.69, 9.17) is 4.52 Å². The van der Waals surface area contributed by atoms with Crippen molar-refractivity contribution in [3.8, 4) is 5.75 Å². The molecule has 0 aliphatic heterocycles. The number of para-hydroxylation sites is 1. The van der Waals surface area contributed by atoms with Crippen molar-refractivity contribution in [3.05, 3.63) is 30.3 Å². The molecule has 1 aromatic carbocycles. The lowest BCUT2D eigenvalue weighted by atomic mass is 10.3. The van der Waals surface area contributed by atoms with E-state index in [1.807, 2.05) is 30.7 Å². The summed E-state index contributed by atoms with van der Waals surface area (Å²) >= 11 is 0. The van der Waals surface area contributed by atoms with Gasteiger partial charge in [0.1, 0.15) is 5.75 Å². The molecule has 66 valence electrons. The maximum absolute atomic E-state index is 11.3. The number of hydrogen-bond donors (Lipinski definition) is 0. The van der Waals surface area contributed by atoms with Gasteiger partial charge in [0.2, 0.25) is 0 Å². The van der Waals surface area contributed by atoms with Crippen molar-refractivity contribution in [3.63, 3.8) is 0 Å². The first-order valence-corrected chi connectivity index (χ1v) is 7.30. The van der Waals surface area contributed by atoms with E-state index in [0.29, 0.717) is 5.75 Å². The second kappa shape index (κ2) is 4.48. The van der Waals surface area contributed by atoms with Gasteiger partial charge in [0.25, 0.3) is 0 Å². The van der Waals surface area contributed by atoms with Crippen LogP contribution in [0.3, 0.4) is 0 Å². The standard InChI is InChI=1S/C8H11O2PS/c1-12(2)11(9)10-8-6-4-3-5-7-8/h3-7H,1-2H3. The Morgan fingerprint density at radius 2 is 1.83 bits per heavy atom. The van der Waals surface area contributed by atoms with Crippen molar-refractivity contribution < 1.29 is 9.09 Å². The van der Waals surface area contributed by atoms with Crippen LogP contribution >= 0.6 is 6.80 Å². The monoisotopic (exact) mass is 202 g/mol. The van der Waals surface area contributed by atoms with Crippen LogP contribution < -0.4 is 4.52 Å². The molecule has 0 N–H and O–H groups in total. The summed E-state index contributed by atoms with van der Waals surface area (Å²) in [6.07, 6.45) is 3.81. The fraction of sp³-hybridized carbons (Fsp3) is 0.250. The highest BCUT2D eigenvalue weighted by molar-refractivity contribution is 8.20. The zero-order valence-electron chi connectivity index (χ0n) is 7.06. The predicted octanol–water partition coefficient (Wildman–Crippen LogP) is 2.60. The number of rotatable bonds is 2. The van der Waals surface area contributed by atoms with Crippen molar-refractivity contribution in [2.24, 2.45) is 0 Å². The van der Waals surface area contributed by atoms with E-state index >= 15 is 0 Å². The Morgan fingerprint density at radius 1 is 1.25 bits per heavy atom. The first kappa shape index (κ1) is 9.56. The molecule has 0 saturated carbocycles. The third kappa shape index (κ3) is 2.84. The highest BCUT2D eigenvalue weighted by Crippen LogP contribution is 2.20. The molecule has 2 nitrogen and oxygen atoms in total. The fourth-order valence-corrected chi connectivity index (χ4v) is 1.79. The van der Waals surface area contributed by atoms with Crippen LogP contribution in [0.2, 0.25) is 0 Å². The molecule has 0 aliphatic rings. The molecule has 1 aromatic rings. The first-order chi connectivity index (χ1) is 5.70. The third-order valence-electron chi connectivity index (χ3n) is 1.22. The van der Waals surface area contributed by atoms with Gasteiger partial charge in [-0.25, -0.2) is 4.57 Å². The second-order valence-electron chi connectivity index (χ2n) is 2.40. The zero-order chi connectivity index (χ0) is 8.97. The van der Waals surface area contributed by atoms with Gasteiger partial charge in [-0.05, 0) is 24.6 Å². The molecule has 0 saturated heterocycles. The van der Waals surface area contributed by atoms with Crippen LogP contribution in [-0.2, 0) is 14.6 Å². The van der Waals surface area contributed by atoms with E-state index in [1.54, 1.807) is 12.1 Å². The van der Waals surface area contributed by atoms with Gasteiger partial charge in [-0.1, -0.05) is 28.3 Å². The lowest BCUT2D eigenvalue weighted by molar-refractivity contribution is 0.522. The van der Waals surface area contributed by atoms with Crippen LogP contribution in [0.15, 0.2) is 30.3 Å². The van der Waals surface area contributed by atoms with E-state index in [0.717, 1.165) is 0 Å². The highest BCUT2D eigenvalue weighted by atomic mass is 32.5. The Hall–Kier alpha value is -0.530. The van der Waals surface area contributed by atoms with Crippen LogP contribution in [0.4, 0.5) is 0 Å². The summed E-state index contributed by atoms with van der Waals surface area (Å²) in [7, 11) is -0.174. The lowest BCUT2D eigenvalue weighted by Gasteiger charge is -1.97. The van der Waals surface area contributed by atoms with Crippen LogP contribution in [-0.4, -0.2) is 12.5 Å². The molecule has 1 atom stereocenters. The molecular weight excluding hydrogens is 191 g/mol. The lowest BCUT2D eigenvalue weighted by Crippen LogP contribution is -1.80. The summed E-state index contributed by atoms with van der Waals surface area (Å²) in [6.45, 7) is -1.54. The van der Waals surface area contributed by atoms with Gasteiger partial charge in [-0.2, -0.15) is 0 Å². The van der Waals surface area contributed by atoms with Gasteiger partial charge in [0, 0.05) is 0 Å². The minimum atomic E-state index is -1.54. The molecule has 0 heterocycles. The molecule has 12 heavy (non-hydrogen) atoms. The molecular formula is C8H11O2PS. The minimum absolute atomic E-state index is 0.174. The van der Waals surface area contributed by atoms with Gasteiger partial charge in [-0.3, -0.25) is 0 Å². The molecule has 4 heteroatoms. The summed E-state index contributed by atoms with van der Waals surface area (Å²) < 4.78 is 16.4. The van der Waals surface area contributed by atoms with E-state index in [-0.39, 0.29) is 10.1 Å². The van der Waals surface area contributed by atoms with Crippen LogP contribution in [0, 0.1) is 0 Å². The third-order valence-corrected chi connectivity index (χ3v) is 4.19. The maximum Gasteiger partial charge on any atom is 0.323 e. The quantitative estimate of drug-likeness (QED) is 0.689. The van der Waals surface area contributed by atoms with E-state index in [9.17, 15) is 4.57 Å². The molecule has 0 aromatic heterocycles. The summed E-state index contributed by atoms with van der Waals surface area (Å²) in [5.41, 5.74) is 0. The number of hydrogen-bond acceptors (Lipinski definition) is 2. The Labute approximate surface area is 75.0 Å².